The fourth-order valence-corrected chi connectivity index (χ4v) is 2.81. The lowest BCUT2D eigenvalue weighted by atomic mass is 10.0. The summed E-state index contributed by atoms with van der Waals surface area (Å²) in [5, 5.41) is 0. The minimum Gasteiger partial charge on any atom is -0.378 e. The highest BCUT2D eigenvalue weighted by Crippen LogP contribution is 2.30. The van der Waals surface area contributed by atoms with Gasteiger partial charge < -0.3 is 9.80 Å². The van der Waals surface area contributed by atoms with Crippen LogP contribution < -0.4 is 9.80 Å². The molecule has 0 saturated carbocycles. The van der Waals surface area contributed by atoms with Crippen LogP contribution in [0.15, 0.2) is 30.7 Å². The molecule has 21 heavy (non-hydrogen) atoms. The highest BCUT2D eigenvalue weighted by atomic mass is 15.2. The highest BCUT2D eigenvalue weighted by molar-refractivity contribution is 5.48. The number of pyridine rings is 1. The molecule has 1 aliphatic rings. The molecule has 0 amide bonds. The Hall–Kier alpha value is -2.17. The van der Waals surface area contributed by atoms with E-state index in [9.17, 15) is 0 Å². The summed E-state index contributed by atoms with van der Waals surface area (Å²) >= 11 is 0. The SMILES string of the molecule is Cc1cc(N(C)C)cc(C2CCN(c3cnccn3)C2)n1. The number of anilines is 2. The number of nitrogens with zero attached hydrogens (tertiary/aromatic N) is 5. The second-order valence-electron chi connectivity index (χ2n) is 5.78. The predicted molar refractivity (Wildman–Crippen MR) is 84.9 cm³/mol. The maximum absolute atomic E-state index is 4.74. The lowest BCUT2D eigenvalue weighted by Crippen LogP contribution is -2.20. The molecule has 0 spiro atoms. The van der Waals surface area contributed by atoms with Crippen LogP contribution in [0, 0.1) is 6.92 Å². The van der Waals surface area contributed by atoms with Gasteiger partial charge in [0, 0.05) is 62.6 Å². The van der Waals surface area contributed by atoms with Gasteiger partial charge in [0.05, 0.1) is 6.20 Å². The molecule has 3 heterocycles. The van der Waals surface area contributed by atoms with E-state index in [4.69, 9.17) is 4.98 Å². The number of rotatable bonds is 3. The summed E-state index contributed by atoms with van der Waals surface area (Å²) in [7, 11) is 4.14. The molecule has 2 aromatic heterocycles. The van der Waals surface area contributed by atoms with Crippen molar-refractivity contribution < 1.29 is 0 Å². The Morgan fingerprint density at radius 1 is 1.24 bits per heavy atom. The van der Waals surface area contributed by atoms with Crippen molar-refractivity contribution in [3.8, 4) is 0 Å². The summed E-state index contributed by atoms with van der Waals surface area (Å²) in [5.41, 5.74) is 3.48. The van der Waals surface area contributed by atoms with Gasteiger partial charge in [-0.1, -0.05) is 0 Å². The topological polar surface area (TPSA) is 45.2 Å². The third kappa shape index (κ3) is 2.96. The molecule has 0 N–H and O–H groups in total. The van der Waals surface area contributed by atoms with Gasteiger partial charge in [-0.05, 0) is 25.5 Å². The van der Waals surface area contributed by atoms with Crippen LogP contribution in [0.4, 0.5) is 11.5 Å². The second kappa shape index (κ2) is 5.68. The monoisotopic (exact) mass is 283 g/mol. The van der Waals surface area contributed by atoms with E-state index in [0.717, 1.165) is 31.0 Å². The largest absolute Gasteiger partial charge is 0.378 e. The zero-order valence-electron chi connectivity index (χ0n) is 12.8. The van der Waals surface area contributed by atoms with Gasteiger partial charge >= 0.3 is 0 Å². The van der Waals surface area contributed by atoms with Gasteiger partial charge in [-0.25, -0.2) is 4.98 Å². The summed E-state index contributed by atoms with van der Waals surface area (Å²) in [4.78, 5) is 17.7. The van der Waals surface area contributed by atoms with Crippen LogP contribution in [-0.2, 0) is 0 Å². The van der Waals surface area contributed by atoms with Crippen molar-refractivity contribution >= 4 is 11.5 Å². The van der Waals surface area contributed by atoms with Crippen LogP contribution in [0.5, 0.6) is 0 Å². The van der Waals surface area contributed by atoms with E-state index in [1.807, 2.05) is 6.20 Å². The molecule has 0 radical (unpaired) electrons. The fourth-order valence-electron chi connectivity index (χ4n) is 2.81. The van der Waals surface area contributed by atoms with E-state index >= 15 is 0 Å². The summed E-state index contributed by atoms with van der Waals surface area (Å²) in [5.74, 6) is 1.42. The average molecular weight is 283 g/mol. The van der Waals surface area contributed by atoms with E-state index in [2.05, 4.69) is 52.9 Å². The van der Waals surface area contributed by atoms with Gasteiger partial charge in [-0.2, -0.15) is 0 Å². The third-order valence-electron chi connectivity index (χ3n) is 3.95. The molecule has 1 saturated heterocycles. The first-order valence-electron chi connectivity index (χ1n) is 7.30. The zero-order chi connectivity index (χ0) is 14.8. The number of aryl methyl sites for hydroxylation is 1. The van der Waals surface area contributed by atoms with Gasteiger partial charge in [0.1, 0.15) is 5.82 Å². The van der Waals surface area contributed by atoms with Crippen LogP contribution >= 0.6 is 0 Å². The zero-order valence-corrected chi connectivity index (χ0v) is 12.8. The molecule has 3 rings (SSSR count). The van der Waals surface area contributed by atoms with Gasteiger partial charge in [0.25, 0.3) is 0 Å². The quantitative estimate of drug-likeness (QED) is 0.864. The Labute approximate surface area is 125 Å². The molecule has 5 nitrogen and oxygen atoms in total. The molecule has 1 unspecified atom stereocenters. The molecule has 5 heteroatoms. The van der Waals surface area contributed by atoms with Crippen LogP contribution in [-0.4, -0.2) is 42.1 Å². The van der Waals surface area contributed by atoms with E-state index in [-0.39, 0.29) is 0 Å². The lowest BCUT2D eigenvalue weighted by molar-refractivity contribution is 0.739. The molecule has 2 aromatic rings. The van der Waals surface area contributed by atoms with E-state index in [0.29, 0.717) is 5.92 Å². The van der Waals surface area contributed by atoms with Crippen molar-refractivity contribution in [1.82, 2.24) is 15.0 Å². The van der Waals surface area contributed by atoms with Crippen LogP contribution in [0.25, 0.3) is 0 Å². The molecule has 0 bridgehead atoms. The number of aromatic nitrogens is 3. The van der Waals surface area contributed by atoms with Gasteiger partial charge in [0.15, 0.2) is 0 Å². The average Bonchev–Trinajstić information content (AvgIpc) is 2.97. The predicted octanol–water partition coefficient (Wildman–Crippen LogP) is 2.24. The van der Waals surface area contributed by atoms with Crippen molar-refractivity contribution in [2.75, 3.05) is 37.0 Å². The minimum absolute atomic E-state index is 0.464. The van der Waals surface area contributed by atoms with Gasteiger partial charge in [0.2, 0.25) is 0 Å². The molecular weight excluding hydrogens is 262 g/mol. The standard InChI is InChI=1S/C16H21N5/c1-12-8-14(20(2)3)9-15(19-12)13-4-7-21(11-13)16-10-17-5-6-18-16/h5-6,8-10,13H,4,7,11H2,1-3H3. The first-order valence-corrected chi connectivity index (χ1v) is 7.30. The van der Waals surface area contributed by atoms with Gasteiger partial charge in [-0.15, -0.1) is 0 Å². The van der Waals surface area contributed by atoms with Gasteiger partial charge in [-0.3, -0.25) is 9.97 Å². The Bertz CT molecular complexity index is 611. The molecule has 110 valence electrons. The Balaban J connectivity index is 1.80. The summed E-state index contributed by atoms with van der Waals surface area (Å²) < 4.78 is 0. The second-order valence-corrected chi connectivity index (χ2v) is 5.78. The lowest BCUT2D eigenvalue weighted by Gasteiger charge is -2.18. The first kappa shape index (κ1) is 13.8. The molecule has 1 fully saturated rings. The number of hydrogen-bond donors (Lipinski definition) is 0. The summed E-state index contributed by atoms with van der Waals surface area (Å²) in [6.45, 7) is 4.03. The van der Waals surface area contributed by atoms with E-state index in [1.165, 1.54) is 11.4 Å². The molecular formula is C16H21N5. The number of hydrogen-bond acceptors (Lipinski definition) is 5. The third-order valence-corrected chi connectivity index (χ3v) is 3.95. The normalized spacial score (nSPS) is 18.0. The van der Waals surface area contributed by atoms with Crippen molar-refractivity contribution in [1.29, 1.82) is 0 Å². The summed E-state index contributed by atoms with van der Waals surface area (Å²) in [6.07, 6.45) is 6.40. The molecule has 0 aromatic carbocycles. The van der Waals surface area contributed by atoms with Crippen LogP contribution in [0.1, 0.15) is 23.7 Å². The Morgan fingerprint density at radius 3 is 2.81 bits per heavy atom. The highest BCUT2D eigenvalue weighted by Gasteiger charge is 2.26. The summed E-state index contributed by atoms with van der Waals surface area (Å²) in [6, 6.07) is 4.33. The maximum Gasteiger partial charge on any atom is 0.147 e. The Morgan fingerprint density at radius 2 is 2.10 bits per heavy atom. The first-order chi connectivity index (χ1) is 10.1. The Kier molecular flexibility index (Phi) is 3.73. The minimum atomic E-state index is 0.464. The van der Waals surface area contributed by atoms with Crippen LogP contribution in [0.2, 0.25) is 0 Å². The van der Waals surface area contributed by atoms with E-state index in [1.54, 1.807) is 12.4 Å². The van der Waals surface area contributed by atoms with Crippen molar-refractivity contribution in [2.24, 2.45) is 0 Å². The fraction of sp³-hybridized carbons (Fsp3) is 0.438. The molecule has 0 aliphatic carbocycles. The van der Waals surface area contributed by atoms with E-state index < -0.39 is 0 Å². The smallest absolute Gasteiger partial charge is 0.147 e. The maximum atomic E-state index is 4.74. The van der Waals surface area contributed by atoms with Crippen molar-refractivity contribution in [2.45, 2.75) is 19.3 Å². The van der Waals surface area contributed by atoms with Crippen molar-refractivity contribution in [3.63, 3.8) is 0 Å². The van der Waals surface area contributed by atoms with Crippen LogP contribution in [0.3, 0.4) is 0 Å². The van der Waals surface area contributed by atoms with Crippen molar-refractivity contribution in [3.05, 3.63) is 42.1 Å². The molecule has 1 atom stereocenters. The molecule has 1 aliphatic heterocycles.